The van der Waals surface area contributed by atoms with E-state index in [1.807, 2.05) is 27.7 Å². The molecule has 4 nitrogen and oxygen atoms in total. The highest BCUT2D eigenvalue weighted by Gasteiger charge is 2.20. The van der Waals surface area contributed by atoms with Crippen molar-refractivity contribution in [3.05, 3.63) is 66.8 Å². The Morgan fingerprint density at radius 1 is 1.12 bits per heavy atom. The predicted octanol–water partition coefficient (Wildman–Crippen LogP) is 4.75. The van der Waals surface area contributed by atoms with Gasteiger partial charge >= 0.3 is 0 Å². The van der Waals surface area contributed by atoms with Gasteiger partial charge < -0.3 is 5.32 Å². The molecule has 2 aromatic heterocycles. The van der Waals surface area contributed by atoms with Gasteiger partial charge in [-0.3, -0.25) is 4.79 Å². The Hall–Kier alpha value is -2.12. The van der Waals surface area contributed by atoms with Crippen molar-refractivity contribution in [1.82, 2.24) is 15.3 Å². The zero-order chi connectivity index (χ0) is 18.8. The molecule has 7 heteroatoms. The molecule has 0 spiro atoms. The maximum atomic E-state index is 13.0. The first kappa shape index (κ1) is 18.7. The summed E-state index contributed by atoms with van der Waals surface area (Å²) in [6.07, 6.45) is 0.585. The number of hydrogen-bond acceptors (Lipinski definition) is 5. The zero-order valence-corrected chi connectivity index (χ0v) is 16.7. The van der Waals surface area contributed by atoms with E-state index in [0.717, 1.165) is 26.1 Å². The highest BCUT2D eigenvalue weighted by molar-refractivity contribution is 7.13. The van der Waals surface area contributed by atoms with Crippen LogP contribution >= 0.6 is 22.7 Å². The van der Waals surface area contributed by atoms with Gasteiger partial charge in [-0.15, -0.1) is 22.7 Å². The maximum Gasteiger partial charge on any atom is 0.263 e. The van der Waals surface area contributed by atoms with Gasteiger partial charge in [0.25, 0.3) is 5.91 Å². The Labute approximate surface area is 160 Å². The number of aromatic nitrogens is 2. The lowest BCUT2D eigenvalue weighted by Crippen LogP contribution is -2.26. The molecule has 1 N–H and O–H groups in total. The number of benzene rings is 1. The second-order valence-electron chi connectivity index (χ2n) is 6.20. The number of thiazole rings is 2. The number of aryl methyl sites for hydroxylation is 3. The van der Waals surface area contributed by atoms with Crippen LogP contribution in [0.2, 0.25) is 0 Å². The lowest BCUT2D eigenvalue weighted by molar-refractivity contribution is 0.0943. The molecule has 0 radical (unpaired) electrons. The van der Waals surface area contributed by atoms with Gasteiger partial charge in [0.05, 0.1) is 27.4 Å². The molecular weight excluding hydrogens is 369 g/mol. The van der Waals surface area contributed by atoms with Gasteiger partial charge in [0.15, 0.2) is 0 Å². The minimum Gasteiger partial charge on any atom is -0.344 e. The van der Waals surface area contributed by atoms with Crippen LogP contribution in [0.15, 0.2) is 24.3 Å². The van der Waals surface area contributed by atoms with Crippen LogP contribution in [0.25, 0.3) is 0 Å². The summed E-state index contributed by atoms with van der Waals surface area (Å²) in [7, 11) is 0. The fourth-order valence-corrected chi connectivity index (χ4v) is 4.72. The second kappa shape index (κ2) is 7.63. The molecule has 0 aliphatic heterocycles. The summed E-state index contributed by atoms with van der Waals surface area (Å²) in [5.41, 5.74) is 2.64. The van der Waals surface area contributed by atoms with Crippen molar-refractivity contribution in [2.75, 3.05) is 0 Å². The standard InChI is InChI=1S/C19H20FN3OS2/c1-10-17(25-13(4)21-10)11(2)23-19(24)18-12(3)22-16(26-18)9-14-5-7-15(20)8-6-14/h5-8,11H,9H2,1-4H3,(H,23,24)/t11-/m0/s1. The Morgan fingerprint density at radius 3 is 2.42 bits per heavy atom. The fraction of sp³-hybridized carbons (Fsp3) is 0.316. The van der Waals surface area contributed by atoms with Crippen LogP contribution in [0, 0.1) is 26.6 Å². The van der Waals surface area contributed by atoms with Gasteiger partial charge in [-0.05, 0) is 45.4 Å². The molecule has 0 aliphatic carbocycles. The van der Waals surface area contributed by atoms with Gasteiger partial charge in [0.2, 0.25) is 0 Å². The van der Waals surface area contributed by atoms with Crippen molar-refractivity contribution in [3.63, 3.8) is 0 Å². The molecule has 26 heavy (non-hydrogen) atoms. The van der Waals surface area contributed by atoms with Crippen LogP contribution in [0.1, 0.15) is 54.5 Å². The molecule has 1 aromatic carbocycles. The average molecular weight is 390 g/mol. The van der Waals surface area contributed by atoms with Crippen molar-refractivity contribution in [2.45, 2.75) is 40.2 Å². The molecular formula is C19H20FN3OS2. The number of halogens is 1. The lowest BCUT2D eigenvalue weighted by Gasteiger charge is -2.12. The van der Waals surface area contributed by atoms with Crippen molar-refractivity contribution in [3.8, 4) is 0 Å². The molecule has 0 aliphatic rings. The molecule has 0 bridgehead atoms. The normalized spacial score (nSPS) is 12.2. The molecule has 136 valence electrons. The van der Waals surface area contributed by atoms with E-state index < -0.39 is 0 Å². The first-order valence-corrected chi connectivity index (χ1v) is 9.92. The Balaban J connectivity index is 1.72. The van der Waals surface area contributed by atoms with E-state index in [2.05, 4.69) is 15.3 Å². The van der Waals surface area contributed by atoms with E-state index in [0.29, 0.717) is 17.0 Å². The molecule has 3 rings (SSSR count). The van der Waals surface area contributed by atoms with E-state index in [9.17, 15) is 9.18 Å². The van der Waals surface area contributed by atoms with Gasteiger partial charge in [0, 0.05) is 11.3 Å². The Morgan fingerprint density at radius 2 is 1.81 bits per heavy atom. The number of rotatable bonds is 5. The summed E-state index contributed by atoms with van der Waals surface area (Å²) < 4.78 is 13.0. The molecule has 0 saturated carbocycles. The quantitative estimate of drug-likeness (QED) is 0.685. The zero-order valence-electron chi connectivity index (χ0n) is 15.1. The first-order chi connectivity index (χ1) is 12.3. The third kappa shape index (κ3) is 4.16. The van der Waals surface area contributed by atoms with Crippen molar-refractivity contribution < 1.29 is 9.18 Å². The minimum atomic E-state index is -0.258. The van der Waals surface area contributed by atoms with Gasteiger partial charge in [-0.1, -0.05) is 12.1 Å². The van der Waals surface area contributed by atoms with E-state index in [-0.39, 0.29) is 17.8 Å². The van der Waals surface area contributed by atoms with Crippen molar-refractivity contribution in [2.24, 2.45) is 0 Å². The van der Waals surface area contributed by atoms with Crippen LogP contribution in [-0.2, 0) is 6.42 Å². The van der Waals surface area contributed by atoms with Gasteiger partial charge in [-0.2, -0.15) is 0 Å². The van der Waals surface area contributed by atoms with Crippen LogP contribution in [-0.4, -0.2) is 15.9 Å². The molecule has 1 amide bonds. The second-order valence-corrected chi connectivity index (χ2v) is 8.52. The van der Waals surface area contributed by atoms with Gasteiger partial charge in [-0.25, -0.2) is 14.4 Å². The Kier molecular flexibility index (Phi) is 5.48. The van der Waals surface area contributed by atoms with Crippen LogP contribution in [0.3, 0.4) is 0 Å². The molecule has 0 fully saturated rings. The van der Waals surface area contributed by atoms with Crippen LogP contribution in [0.4, 0.5) is 4.39 Å². The van der Waals surface area contributed by atoms with E-state index >= 15 is 0 Å². The summed E-state index contributed by atoms with van der Waals surface area (Å²) in [5, 5.41) is 4.88. The summed E-state index contributed by atoms with van der Waals surface area (Å²) in [5.74, 6) is -0.380. The Bertz CT molecular complexity index is 931. The van der Waals surface area contributed by atoms with Crippen LogP contribution < -0.4 is 5.32 Å². The fourth-order valence-electron chi connectivity index (χ4n) is 2.79. The smallest absolute Gasteiger partial charge is 0.263 e. The molecule has 0 saturated heterocycles. The third-order valence-corrected chi connectivity index (χ3v) is 6.41. The first-order valence-electron chi connectivity index (χ1n) is 8.29. The predicted molar refractivity (Wildman–Crippen MR) is 104 cm³/mol. The minimum absolute atomic E-state index is 0.101. The third-order valence-electron chi connectivity index (χ3n) is 4.00. The summed E-state index contributed by atoms with van der Waals surface area (Å²) in [4.78, 5) is 23.3. The van der Waals surface area contributed by atoms with Crippen LogP contribution in [0.5, 0.6) is 0 Å². The van der Waals surface area contributed by atoms with Crippen molar-refractivity contribution >= 4 is 28.6 Å². The lowest BCUT2D eigenvalue weighted by atomic mass is 10.1. The van der Waals surface area contributed by atoms with E-state index in [1.54, 1.807) is 23.5 Å². The molecule has 0 unspecified atom stereocenters. The van der Waals surface area contributed by atoms with Crippen molar-refractivity contribution in [1.29, 1.82) is 0 Å². The number of carbonyl (C=O) groups is 1. The molecule has 3 aromatic rings. The average Bonchev–Trinajstić information content (AvgIpc) is 3.11. The SMILES string of the molecule is Cc1nc(C)c([C@H](C)NC(=O)c2sc(Cc3ccc(F)cc3)nc2C)s1. The topological polar surface area (TPSA) is 54.9 Å². The highest BCUT2D eigenvalue weighted by atomic mass is 32.1. The van der Waals surface area contributed by atoms with E-state index in [1.165, 1.54) is 23.5 Å². The summed E-state index contributed by atoms with van der Waals surface area (Å²) in [6.45, 7) is 7.73. The number of nitrogens with one attached hydrogen (secondary N) is 1. The molecule has 2 heterocycles. The largest absolute Gasteiger partial charge is 0.344 e. The van der Waals surface area contributed by atoms with Gasteiger partial charge in [0.1, 0.15) is 10.7 Å². The number of amides is 1. The summed E-state index contributed by atoms with van der Waals surface area (Å²) >= 11 is 2.99. The number of carbonyl (C=O) groups excluding carboxylic acids is 1. The summed E-state index contributed by atoms with van der Waals surface area (Å²) in [6, 6.07) is 6.25. The highest BCUT2D eigenvalue weighted by Crippen LogP contribution is 2.26. The monoisotopic (exact) mass is 389 g/mol. The number of hydrogen-bond donors (Lipinski definition) is 1. The maximum absolute atomic E-state index is 13.0. The number of nitrogens with zero attached hydrogens (tertiary/aromatic N) is 2. The van der Waals surface area contributed by atoms with E-state index in [4.69, 9.17) is 0 Å². The molecule has 1 atom stereocenters.